The van der Waals surface area contributed by atoms with Gasteiger partial charge in [0.2, 0.25) is 0 Å². The number of hydrogen-bond acceptors (Lipinski definition) is 2. The maximum absolute atomic E-state index is 10.5. The van der Waals surface area contributed by atoms with E-state index >= 15 is 0 Å². The second-order valence-corrected chi connectivity index (χ2v) is 2.96. The molecule has 0 bridgehead atoms. The normalized spacial score (nSPS) is 9.31. The Morgan fingerprint density at radius 3 is 2.46 bits per heavy atom. The van der Waals surface area contributed by atoms with Crippen LogP contribution in [0.1, 0.15) is 15.9 Å². The van der Waals surface area contributed by atoms with E-state index in [0.717, 1.165) is 0 Å². The third-order valence-electron chi connectivity index (χ3n) is 1.43. The van der Waals surface area contributed by atoms with Gasteiger partial charge in [-0.2, -0.15) is 5.26 Å². The average molecular weight is 216 g/mol. The third kappa shape index (κ3) is 1.74. The van der Waals surface area contributed by atoms with E-state index in [-0.39, 0.29) is 21.2 Å². The summed E-state index contributed by atoms with van der Waals surface area (Å²) in [6, 6.07) is 4.36. The standard InChI is InChI=1S/C8H3Cl2NO2/c9-6-4(3-11)1-2-5(7(6)10)8(12)13/h1-2H,(H,12,13). The van der Waals surface area contributed by atoms with Crippen molar-refractivity contribution in [1.29, 1.82) is 5.26 Å². The summed E-state index contributed by atoms with van der Waals surface area (Å²) in [4.78, 5) is 10.5. The van der Waals surface area contributed by atoms with E-state index in [2.05, 4.69) is 0 Å². The zero-order chi connectivity index (χ0) is 10.0. The molecule has 1 aromatic carbocycles. The molecule has 0 amide bonds. The molecule has 0 fully saturated rings. The van der Waals surface area contributed by atoms with Crippen LogP contribution in [0.5, 0.6) is 0 Å². The minimum absolute atomic E-state index is 0.0240. The van der Waals surface area contributed by atoms with Crippen LogP contribution >= 0.6 is 23.2 Å². The molecule has 0 spiro atoms. The molecule has 0 aliphatic heterocycles. The molecular weight excluding hydrogens is 213 g/mol. The predicted molar refractivity (Wildman–Crippen MR) is 48.1 cm³/mol. The Morgan fingerprint density at radius 2 is 2.00 bits per heavy atom. The van der Waals surface area contributed by atoms with Crippen LogP contribution in [0, 0.1) is 11.3 Å². The maximum Gasteiger partial charge on any atom is 0.337 e. The lowest BCUT2D eigenvalue weighted by molar-refractivity contribution is 0.0697. The van der Waals surface area contributed by atoms with E-state index in [1.165, 1.54) is 12.1 Å². The first-order valence-electron chi connectivity index (χ1n) is 3.19. The van der Waals surface area contributed by atoms with Crippen molar-refractivity contribution < 1.29 is 9.90 Å². The van der Waals surface area contributed by atoms with Gasteiger partial charge < -0.3 is 5.11 Å². The summed E-state index contributed by atoms with van der Waals surface area (Å²) in [5.74, 6) is -1.17. The molecule has 0 aliphatic rings. The molecule has 1 rings (SSSR count). The minimum atomic E-state index is -1.17. The summed E-state index contributed by atoms with van der Waals surface area (Å²) >= 11 is 11.2. The number of carboxylic acid groups (broad SMARTS) is 1. The molecule has 13 heavy (non-hydrogen) atoms. The molecule has 1 N–H and O–H groups in total. The number of carboxylic acids is 1. The fourth-order valence-corrected chi connectivity index (χ4v) is 1.25. The smallest absolute Gasteiger partial charge is 0.337 e. The highest BCUT2D eigenvalue weighted by molar-refractivity contribution is 6.44. The number of benzene rings is 1. The Bertz CT molecular complexity index is 409. The molecule has 0 atom stereocenters. The topological polar surface area (TPSA) is 61.1 Å². The lowest BCUT2D eigenvalue weighted by Crippen LogP contribution is -1.98. The van der Waals surface area contributed by atoms with Gasteiger partial charge in [0.25, 0.3) is 0 Å². The highest BCUT2D eigenvalue weighted by Gasteiger charge is 2.14. The Kier molecular flexibility index (Phi) is 2.76. The van der Waals surface area contributed by atoms with Gasteiger partial charge in [0, 0.05) is 0 Å². The first-order valence-corrected chi connectivity index (χ1v) is 3.95. The monoisotopic (exact) mass is 215 g/mol. The molecule has 0 saturated carbocycles. The van der Waals surface area contributed by atoms with Crippen molar-refractivity contribution in [3.05, 3.63) is 33.3 Å². The van der Waals surface area contributed by atoms with E-state index in [0.29, 0.717) is 0 Å². The van der Waals surface area contributed by atoms with Gasteiger partial charge >= 0.3 is 5.97 Å². The van der Waals surface area contributed by atoms with Crippen LogP contribution in [0.15, 0.2) is 12.1 Å². The Balaban J connectivity index is 3.42. The Morgan fingerprint density at radius 1 is 1.38 bits per heavy atom. The summed E-state index contributed by atoms with van der Waals surface area (Å²) in [5, 5.41) is 17.0. The van der Waals surface area contributed by atoms with E-state index < -0.39 is 5.97 Å². The SMILES string of the molecule is N#Cc1ccc(C(=O)O)c(Cl)c1Cl. The number of carbonyl (C=O) groups is 1. The number of nitriles is 1. The molecule has 3 nitrogen and oxygen atoms in total. The lowest BCUT2D eigenvalue weighted by atomic mass is 10.1. The van der Waals surface area contributed by atoms with Crippen LogP contribution in [0.25, 0.3) is 0 Å². The summed E-state index contributed by atoms with van der Waals surface area (Å²) < 4.78 is 0. The molecule has 1 aromatic rings. The summed E-state index contributed by atoms with van der Waals surface area (Å²) in [5.41, 5.74) is 0.0577. The number of nitrogens with zero attached hydrogens (tertiary/aromatic N) is 1. The van der Waals surface area contributed by atoms with Gasteiger partial charge in [0.05, 0.1) is 21.2 Å². The van der Waals surface area contributed by atoms with Crippen molar-refractivity contribution in [3.63, 3.8) is 0 Å². The fourth-order valence-electron chi connectivity index (χ4n) is 0.801. The van der Waals surface area contributed by atoms with Crippen LogP contribution in [-0.4, -0.2) is 11.1 Å². The molecule has 0 unspecified atom stereocenters. The number of halogens is 2. The second kappa shape index (κ2) is 3.65. The number of hydrogen-bond donors (Lipinski definition) is 1. The zero-order valence-electron chi connectivity index (χ0n) is 6.21. The largest absolute Gasteiger partial charge is 0.478 e. The van der Waals surface area contributed by atoms with Gasteiger partial charge in [-0.25, -0.2) is 4.79 Å². The Hall–Kier alpha value is -1.24. The molecular formula is C8H3Cl2NO2. The number of rotatable bonds is 1. The summed E-state index contributed by atoms with van der Waals surface area (Å²) in [6.07, 6.45) is 0. The first kappa shape index (κ1) is 9.85. The third-order valence-corrected chi connectivity index (χ3v) is 2.32. The molecule has 0 radical (unpaired) electrons. The quantitative estimate of drug-likeness (QED) is 0.784. The number of aromatic carboxylic acids is 1. The van der Waals surface area contributed by atoms with E-state index in [1.54, 1.807) is 6.07 Å². The summed E-state index contributed by atoms with van der Waals surface area (Å²) in [7, 11) is 0. The lowest BCUT2D eigenvalue weighted by Gasteiger charge is -2.01. The van der Waals surface area contributed by atoms with Crippen molar-refractivity contribution >= 4 is 29.2 Å². The van der Waals surface area contributed by atoms with Gasteiger partial charge in [-0.1, -0.05) is 23.2 Å². The molecule has 5 heteroatoms. The van der Waals surface area contributed by atoms with Gasteiger partial charge in [0.1, 0.15) is 6.07 Å². The zero-order valence-corrected chi connectivity index (χ0v) is 7.73. The predicted octanol–water partition coefficient (Wildman–Crippen LogP) is 2.56. The molecule has 0 aromatic heterocycles. The highest BCUT2D eigenvalue weighted by Crippen LogP contribution is 2.28. The minimum Gasteiger partial charge on any atom is -0.478 e. The van der Waals surface area contributed by atoms with Crippen molar-refractivity contribution in [1.82, 2.24) is 0 Å². The van der Waals surface area contributed by atoms with Crippen LogP contribution < -0.4 is 0 Å². The van der Waals surface area contributed by atoms with Gasteiger partial charge in [-0.3, -0.25) is 0 Å². The molecule has 66 valence electrons. The van der Waals surface area contributed by atoms with E-state index in [4.69, 9.17) is 33.6 Å². The molecule has 0 saturated heterocycles. The van der Waals surface area contributed by atoms with Gasteiger partial charge in [0.15, 0.2) is 0 Å². The molecule has 0 heterocycles. The van der Waals surface area contributed by atoms with E-state index in [1.807, 2.05) is 0 Å². The summed E-state index contributed by atoms with van der Waals surface area (Å²) in [6.45, 7) is 0. The highest BCUT2D eigenvalue weighted by atomic mass is 35.5. The first-order chi connectivity index (χ1) is 6.07. The van der Waals surface area contributed by atoms with E-state index in [9.17, 15) is 4.79 Å². The van der Waals surface area contributed by atoms with Crippen molar-refractivity contribution in [3.8, 4) is 6.07 Å². The molecule has 0 aliphatic carbocycles. The van der Waals surface area contributed by atoms with Crippen LogP contribution in [0.4, 0.5) is 0 Å². The van der Waals surface area contributed by atoms with Gasteiger partial charge in [-0.05, 0) is 12.1 Å². The fraction of sp³-hybridized carbons (Fsp3) is 0. The van der Waals surface area contributed by atoms with Crippen LogP contribution in [0.3, 0.4) is 0 Å². The van der Waals surface area contributed by atoms with Crippen LogP contribution in [-0.2, 0) is 0 Å². The van der Waals surface area contributed by atoms with Crippen molar-refractivity contribution in [2.24, 2.45) is 0 Å². The average Bonchev–Trinajstić information content (AvgIpc) is 2.09. The Labute approximate surface area is 84.1 Å². The van der Waals surface area contributed by atoms with Crippen molar-refractivity contribution in [2.45, 2.75) is 0 Å². The van der Waals surface area contributed by atoms with Gasteiger partial charge in [-0.15, -0.1) is 0 Å². The maximum atomic E-state index is 10.5. The van der Waals surface area contributed by atoms with Crippen molar-refractivity contribution in [2.75, 3.05) is 0 Å². The second-order valence-electron chi connectivity index (χ2n) is 2.21. The van der Waals surface area contributed by atoms with Crippen LogP contribution in [0.2, 0.25) is 10.0 Å².